The molecule has 1 fully saturated rings. The first kappa shape index (κ1) is 12.0. The number of Topliss-reactive ketones (excluding diaryl/α,β-unsaturated/α-hetero) is 1. The molecule has 4 nitrogen and oxygen atoms in total. The lowest BCUT2D eigenvalue weighted by Gasteiger charge is -2.10. The molecular weight excluding hydrogens is 298 g/mol. The van der Waals surface area contributed by atoms with Crippen LogP contribution >= 0.6 is 15.9 Å². The molecule has 0 saturated heterocycles. The minimum absolute atomic E-state index is 0.00395. The van der Waals surface area contributed by atoms with E-state index in [1.54, 1.807) is 12.1 Å². The van der Waals surface area contributed by atoms with E-state index in [2.05, 4.69) is 15.9 Å². The second kappa shape index (κ2) is 4.24. The van der Waals surface area contributed by atoms with Gasteiger partial charge in [0.15, 0.2) is 17.3 Å². The number of carbonyl (C=O) groups excluding carboxylic acids is 1. The zero-order valence-corrected chi connectivity index (χ0v) is 11.5. The fourth-order valence-corrected chi connectivity index (χ4v) is 2.61. The van der Waals surface area contributed by atoms with E-state index in [0.29, 0.717) is 30.3 Å². The van der Waals surface area contributed by atoms with Crippen LogP contribution in [0.25, 0.3) is 0 Å². The highest BCUT2D eigenvalue weighted by Crippen LogP contribution is 2.50. The summed E-state index contributed by atoms with van der Waals surface area (Å²) in [5, 5.41) is 0. The van der Waals surface area contributed by atoms with Gasteiger partial charge < -0.3 is 15.2 Å². The van der Waals surface area contributed by atoms with Crippen LogP contribution in [-0.4, -0.2) is 25.5 Å². The lowest BCUT2D eigenvalue weighted by Crippen LogP contribution is -2.17. The Morgan fingerprint density at radius 2 is 2.06 bits per heavy atom. The minimum Gasteiger partial charge on any atom is -0.489 e. The number of ether oxygens (including phenoxy) is 2. The predicted octanol–water partition coefficient (Wildman–Crippen LogP) is 2.14. The van der Waals surface area contributed by atoms with Crippen molar-refractivity contribution in [1.82, 2.24) is 0 Å². The normalized spacial score (nSPS) is 19.4. The van der Waals surface area contributed by atoms with Gasteiger partial charge in [0.05, 0.1) is 24.2 Å². The molecule has 1 aliphatic heterocycles. The molecule has 2 aliphatic rings. The average Bonchev–Trinajstić information content (AvgIpc) is 3.16. The lowest BCUT2D eigenvalue weighted by molar-refractivity contribution is 0.100. The number of rotatable bonds is 2. The Morgan fingerprint density at radius 3 is 2.72 bits per heavy atom. The molecule has 1 aromatic carbocycles. The van der Waals surface area contributed by atoms with Crippen molar-refractivity contribution >= 4 is 21.7 Å². The van der Waals surface area contributed by atoms with Crippen molar-refractivity contribution in [3.05, 3.63) is 22.2 Å². The van der Waals surface area contributed by atoms with Crippen molar-refractivity contribution < 1.29 is 14.3 Å². The molecule has 0 radical (unpaired) electrons. The van der Waals surface area contributed by atoms with Gasteiger partial charge in [-0.25, -0.2) is 0 Å². The van der Waals surface area contributed by atoms with Crippen LogP contribution in [0.1, 0.15) is 23.2 Å². The molecule has 96 valence electrons. The number of nitrogens with two attached hydrogens (primary N) is 1. The number of ketones is 1. The maximum Gasteiger partial charge on any atom is 0.176 e. The molecule has 5 heteroatoms. The highest BCUT2D eigenvalue weighted by atomic mass is 79.9. The second-order valence-corrected chi connectivity index (χ2v) is 5.84. The van der Waals surface area contributed by atoms with E-state index in [0.717, 1.165) is 17.3 Å². The molecule has 0 atom stereocenters. The van der Waals surface area contributed by atoms with Crippen molar-refractivity contribution in [3.63, 3.8) is 0 Å². The summed E-state index contributed by atoms with van der Waals surface area (Å²) in [6, 6.07) is 3.46. The molecule has 2 N–H and O–H groups in total. The molecule has 3 rings (SSSR count). The Labute approximate surface area is 114 Å². The summed E-state index contributed by atoms with van der Waals surface area (Å²) in [6.45, 7) is 1.34. The van der Waals surface area contributed by atoms with Crippen molar-refractivity contribution in [1.29, 1.82) is 0 Å². The van der Waals surface area contributed by atoms with E-state index in [1.165, 1.54) is 0 Å². The Morgan fingerprint density at radius 1 is 1.33 bits per heavy atom. The number of fused-ring (bicyclic) bond motifs is 1. The van der Waals surface area contributed by atoms with Gasteiger partial charge in [-0.2, -0.15) is 0 Å². The van der Waals surface area contributed by atoms with Crippen molar-refractivity contribution in [2.45, 2.75) is 12.8 Å². The van der Waals surface area contributed by atoms with Crippen LogP contribution in [-0.2, 0) is 0 Å². The molecule has 0 unspecified atom stereocenters. The molecule has 1 aliphatic carbocycles. The van der Waals surface area contributed by atoms with Crippen LogP contribution in [0.4, 0.5) is 0 Å². The lowest BCUT2D eigenvalue weighted by atomic mass is 10.1. The standard InChI is InChI=1S/C13H14BrNO3/c14-9-3-8(10(16)5-15)4-11-12(9)18-7-13(1-2-13)6-17-11/h3-4H,1-2,5-7,15H2. The smallest absolute Gasteiger partial charge is 0.176 e. The Hall–Kier alpha value is -1.07. The van der Waals surface area contributed by atoms with Gasteiger partial charge in [-0.15, -0.1) is 0 Å². The summed E-state index contributed by atoms with van der Waals surface area (Å²) in [6.07, 6.45) is 2.29. The molecule has 1 saturated carbocycles. The van der Waals surface area contributed by atoms with Crippen LogP contribution in [0.3, 0.4) is 0 Å². The molecule has 0 amide bonds. The summed E-state index contributed by atoms with van der Waals surface area (Å²) >= 11 is 3.42. The predicted molar refractivity (Wildman–Crippen MR) is 70.2 cm³/mol. The van der Waals surface area contributed by atoms with Crippen LogP contribution in [0.5, 0.6) is 11.5 Å². The first-order valence-electron chi connectivity index (χ1n) is 5.96. The molecular formula is C13H14BrNO3. The molecule has 1 spiro atoms. The van der Waals surface area contributed by atoms with Crippen molar-refractivity contribution in [3.8, 4) is 11.5 Å². The van der Waals surface area contributed by atoms with Crippen molar-refractivity contribution in [2.24, 2.45) is 11.1 Å². The zero-order valence-electron chi connectivity index (χ0n) is 9.87. The highest BCUT2D eigenvalue weighted by molar-refractivity contribution is 9.10. The minimum atomic E-state index is -0.104. The van der Waals surface area contributed by atoms with Gasteiger partial charge in [0.1, 0.15) is 0 Å². The van der Waals surface area contributed by atoms with E-state index in [1.807, 2.05) is 0 Å². The van der Waals surface area contributed by atoms with Gasteiger partial charge in [0.25, 0.3) is 0 Å². The van der Waals surface area contributed by atoms with Gasteiger partial charge in [-0.3, -0.25) is 4.79 Å². The highest BCUT2D eigenvalue weighted by Gasteiger charge is 2.46. The summed E-state index contributed by atoms with van der Waals surface area (Å²) in [4.78, 5) is 11.6. The summed E-state index contributed by atoms with van der Waals surface area (Å²) < 4.78 is 12.4. The molecule has 0 aromatic heterocycles. The van der Waals surface area contributed by atoms with Gasteiger partial charge >= 0.3 is 0 Å². The van der Waals surface area contributed by atoms with Crippen LogP contribution in [0, 0.1) is 5.41 Å². The van der Waals surface area contributed by atoms with Gasteiger partial charge in [0.2, 0.25) is 0 Å². The van der Waals surface area contributed by atoms with Gasteiger partial charge in [0, 0.05) is 11.0 Å². The quantitative estimate of drug-likeness (QED) is 0.850. The summed E-state index contributed by atoms with van der Waals surface area (Å²) in [5.74, 6) is 1.21. The van der Waals surface area contributed by atoms with E-state index in [4.69, 9.17) is 15.2 Å². The third-order valence-corrected chi connectivity index (χ3v) is 4.12. The second-order valence-electron chi connectivity index (χ2n) is 4.99. The maximum atomic E-state index is 11.6. The Balaban J connectivity index is 1.96. The molecule has 1 aromatic rings. The van der Waals surface area contributed by atoms with Crippen molar-refractivity contribution in [2.75, 3.05) is 19.8 Å². The van der Waals surface area contributed by atoms with E-state index in [-0.39, 0.29) is 17.7 Å². The van der Waals surface area contributed by atoms with Crippen LogP contribution < -0.4 is 15.2 Å². The zero-order chi connectivity index (χ0) is 12.8. The number of hydrogen-bond acceptors (Lipinski definition) is 4. The Bertz CT molecular complexity index is 511. The average molecular weight is 312 g/mol. The maximum absolute atomic E-state index is 11.6. The summed E-state index contributed by atoms with van der Waals surface area (Å²) in [5.41, 5.74) is 6.12. The van der Waals surface area contributed by atoms with Crippen LogP contribution in [0.2, 0.25) is 0 Å². The van der Waals surface area contributed by atoms with Gasteiger partial charge in [-0.05, 0) is 40.9 Å². The third kappa shape index (κ3) is 2.01. The third-order valence-electron chi connectivity index (χ3n) is 3.53. The number of benzene rings is 1. The number of hydrogen-bond donors (Lipinski definition) is 1. The molecule has 0 bridgehead atoms. The number of carbonyl (C=O) groups is 1. The first-order chi connectivity index (χ1) is 8.63. The Kier molecular flexibility index (Phi) is 2.83. The summed E-state index contributed by atoms with van der Waals surface area (Å²) in [7, 11) is 0. The molecule has 1 heterocycles. The van der Waals surface area contributed by atoms with Crippen LogP contribution in [0.15, 0.2) is 16.6 Å². The molecule has 18 heavy (non-hydrogen) atoms. The van der Waals surface area contributed by atoms with E-state index >= 15 is 0 Å². The fourth-order valence-electron chi connectivity index (χ4n) is 2.06. The van der Waals surface area contributed by atoms with E-state index in [9.17, 15) is 4.79 Å². The monoisotopic (exact) mass is 311 g/mol. The first-order valence-corrected chi connectivity index (χ1v) is 6.75. The number of halogens is 1. The largest absolute Gasteiger partial charge is 0.489 e. The SMILES string of the molecule is NCC(=O)c1cc(Br)c2c(c1)OCC1(CC1)CO2. The topological polar surface area (TPSA) is 61.6 Å². The fraction of sp³-hybridized carbons (Fsp3) is 0.462. The van der Waals surface area contributed by atoms with E-state index < -0.39 is 0 Å². The van der Waals surface area contributed by atoms with Gasteiger partial charge in [-0.1, -0.05) is 0 Å².